The van der Waals surface area contributed by atoms with Gasteiger partial charge in [0.15, 0.2) is 0 Å². The molecule has 2 aromatic carbocycles. The third kappa shape index (κ3) is 3.95. The standard InChI is InChI=1S/C30H36NO5/c32-28(22-15-18-34-21-22)36-30(23-9-3-1-4-10-23,24-11-5-2-6-12-24)29(33)35-27-19-25-13-14-26(20-27)31(25)16-7-8-17-31/h1-6,9-12,22,25-27H,7-8,13-21H2/q+1/t22-,25?,26?,27?/m0/s1. The van der Waals surface area contributed by atoms with Gasteiger partial charge in [-0.15, -0.1) is 0 Å². The zero-order valence-corrected chi connectivity index (χ0v) is 20.8. The second kappa shape index (κ2) is 9.64. The average Bonchev–Trinajstić information content (AvgIpc) is 3.66. The summed E-state index contributed by atoms with van der Waals surface area (Å²) in [5, 5.41) is 0. The Morgan fingerprint density at radius 1 is 0.833 bits per heavy atom. The van der Waals surface area contributed by atoms with Gasteiger partial charge in [0.2, 0.25) is 0 Å². The van der Waals surface area contributed by atoms with Gasteiger partial charge in [-0.3, -0.25) is 4.79 Å². The largest absolute Gasteiger partial charge is 0.458 e. The fourth-order valence-electron chi connectivity index (χ4n) is 7.40. The maximum atomic E-state index is 14.3. The molecule has 4 saturated heterocycles. The SMILES string of the molecule is O=C(OC(C(=O)OC1CC2CCC(C1)[N+]21CCCC1)(c1ccccc1)c1ccccc1)[C@H]1CCOC1. The molecule has 0 aromatic heterocycles. The summed E-state index contributed by atoms with van der Waals surface area (Å²) in [5.74, 6) is -1.29. The van der Waals surface area contributed by atoms with Crippen LogP contribution in [0.3, 0.4) is 0 Å². The van der Waals surface area contributed by atoms with Crippen molar-refractivity contribution in [3.63, 3.8) is 0 Å². The van der Waals surface area contributed by atoms with Crippen LogP contribution in [0, 0.1) is 5.92 Å². The van der Waals surface area contributed by atoms with Crippen LogP contribution in [0.2, 0.25) is 0 Å². The molecule has 0 saturated carbocycles. The van der Waals surface area contributed by atoms with Crippen molar-refractivity contribution < 1.29 is 28.3 Å². The molecule has 6 rings (SSSR count). The molecule has 2 aromatic rings. The average molecular weight is 491 g/mol. The summed E-state index contributed by atoms with van der Waals surface area (Å²) < 4.78 is 19.3. The molecule has 6 heteroatoms. The van der Waals surface area contributed by atoms with Crippen LogP contribution in [0.1, 0.15) is 56.1 Å². The third-order valence-corrected chi connectivity index (χ3v) is 9.19. The van der Waals surface area contributed by atoms with E-state index in [9.17, 15) is 9.59 Å². The van der Waals surface area contributed by atoms with Crippen LogP contribution in [0.15, 0.2) is 60.7 Å². The first-order valence-corrected chi connectivity index (χ1v) is 13.6. The Morgan fingerprint density at radius 3 is 1.94 bits per heavy atom. The van der Waals surface area contributed by atoms with E-state index in [1.165, 1.54) is 43.3 Å². The van der Waals surface area contributed by atoms with E-state index >= 15 is 0 Å². The van der Waals surface area contributed by atoms with Crippen LogP contribution in [-0.2, 0) is 29.4 Å². The molecule has 0 N–H and O–H groups in total. The molecule has 4 aliphatic rings. The fraction of sp³-hybridized carbons (Fsp3) is 0.533. The van der Waals surface area contributed by atoms with E-state index in [1.54, 1.807) is 0 Å². The Kier molecular flexibility index (Phi) is 6.34. The van der Waals surface area contributed by atoms with Crippen molar-refractivity contribution in [3.05, 3.63) is 71.8 Å². The van der Waals surface area contributed by atoms with Crippen molar-refractivity contribution in [3.8, 4) is 0 Å². The highest BCUT2D eigenvalue weighted by Crippen LogP contribution is 2.47. The van der Waals surface area contributed by atoms with E-state index in [0.29, 0.717) is 42.8 Å². The third-order valence-electron chi connectivity index (χ3n) is 9.19. The molecular formula is C30H36NO5+. The molecule has 4 aliphatic heterocycles. The molecule has 0 radical (unpaired) electrons. The van der Waals surface area contributed by atoms with Crippen LogP contribution in [-0.4, -0.2) is 60.9 Å². The lowest BCUT2D eigenvalue weighted by atomic mass is 9.85. The molecule has 1 spiro atoms. The predicted molar refractivity (Wildman–Crippen MR) is 134 cm³/mol. The summed E-state index contributed by atoms with van der Waals surface area (Å²) in [5.41, 5.74) is -0.441. The summed E-state index contributed by atoms with van der Waals surface area (Å²) in [6.07, 6.45) is 7.29. The number of hydrogen-bond acceptors (Lipinski definition) is 5. The number of ether oxygens (including phenoxy) is 3. The molecule has 3 atom stereocenters. The van der Waals surface area contributed by atoms with Crippen LogP contribution >= 0.6 is 0 Å². The highest BCUT2D eigenvalue weighted by Gasteiger charge is 2.57. The first-order chi connectivity index (χ1) is 17.6. The van der Waals surface area contributed by atoms with E-state index < -0.39 is 17.5 Å². The van der Waals surface area contributed by atoms with Crippen molar-refractivity contribution in [2.24, 2.45) is 5.92 Å². The Hall–Kier alpha value is -2.70. The summed E-state index contributed by atoms with van der Waals surface area (Å²) in [4.78, 5) is 27.7. The minimum Gasteiger partial charge on any atom is -0.458 e. The van der Waals surface area contributed by atoms with E-state index in [4.69, 9.17) is 14.2 Å². The van der Waals surface area contributed by atoms with E-state index in [-0.39, 0.29) is 12.0 Å². The molecule has 2 unspecified atom stereocenters. The lowest BCUT2D eigenvalue weighted by molar-refractivity contribution is -0.956. The van der Waals surface area contributed by atoms with Crippen molar-refractivity contribution in [2.45, 2.75) is 68.7 Å². The lowest BCUT2D eigenvalue weighted by Crippen LogP contribution is -2.60. The number of esters is 2. The molecule has 2 bridgehead atoms. The monoisotopic (exact) mass is 490 g/mol. The zero-order valence-electron chi connectivity index (χ0n) is 20.8. The molecule has 0 amide bonds. The van der Waals surface area contributed by atoms with Gasteiger partial charge in [-0.2, -0.15) is 0 Å². The number of rotatable bonds is 6. The van der Waals surface area contributed by atoms with Crippen molar-refractivity contribution in [1.29, 1.82) is 0 Å². The second-order valence-corrected chi connectivity index (χ2v) is 11.0. The Balaban J connectivity index is 1.33. The van der Waals surface area contributed by atoms with E-state index in [0.717, 1.165) is 12.8 Å². The van der Waals surface area contributed by atoms with Gasteiger partial charge in [0.1, 0.15) is 6.10 Å². The normalized spacial score (nSPS) is 28.8. The summed E-state index contributed by atoms with van der Waals surface area (Å²) in [6.45, 7) is 3.39. The zero-order chi connectivity index (χ0) is 24.6. The first-order valence-electron chi connectivity index (χ1n) is 13.6. The van der Waals surface area contributed by atoms with Crippen LogP contribution in [0.25, 0.3) is 0 Å². The summed E-state index contributed by atoms with van der Waals surface area (Å²) in [6, 6.07) is 19.8. The van der Waals surface area contributed by atoms with Crippen LogP contribution < -0.4 is 0 Å². The molecule has 0 aliphatic carbocycles. The molecule has 4 heterocycles. The number of carbonyl (C=O) groups is 2. The van der Waals surface area contributed by atoms with Gasteiger partial charge in [0.25, 0.3) is 5.60 Å². The summed E-state index contributed by atoms with van der Waals surface area (Å²) in [7, 11) is 0. The minimum absolute atomic E-state index is 0.153. The highest BCUT2D eigenvalue weighted by atomic mass is 16.6. The van der Waals surface area contributed by atoms with E-state index in [1.807, 2.05) is 60.7 Å². The first kappa shape index (κ1) is 23.7. The number of nitrogens with zero attached hydrogens (tertiary/aromatic N) is 1. The second-order valence-electron chi connectivity index (χ2n) is 11.0. The predicted octanol–water partition coefficient (Wildman–Crippen LogP) is 4.36. The minimum atomic E-state index is -1.65. The van der Waals surface area contributed by atoms with Gasteiger partial charge < -0.3 is 18.7 Å². The molecule has 6 nitrogen and oxygen atoms in total. The van der Waals surface area contributed by atoms with Gasteiger partial charge >= 0.3 is 11.9 Å². The molecule has 36 heavy (non-hydrogen) atoms. The molecular weight excluding hydrogens is 454 g/mol. The number of quaternary nitrogens is 1. The number of piperidine rings is 1. The van der Waals surface area contributed by atoms with Crippen LogP contribution in [0.5, 0.6) is 0 Å². The van der Waals surface area contributed by atoms with Crippen molar-refractivity contribution in [1.82, 2.24) is 0 Å². The molecule has 4 fully saturated rings. The van der Waals surface area contributed by atoms with Crippen molar-refractivity contribution >= 4 is 11.9 Å². The quantitative estimate of drug-likeness (QED) is 0.445. The Morgan fingerprint density at radius 2 is 1.42 bits per heavy atom. The van der Waals surface area contributed by atoms with E-state index in [2.05, 4.69) is 0 Å². The van der Waals surface area contributed by atoms with Crippen molar-refractivity contribution in [2.75, 3.05) is 26.3 Å². The van der Waals surface area contributed by atoms with Gasteiger partial charge in [-0.05, 0) is 6.42 Å². The number of hydrogen-bond donors (Lipinski definition) is 0. The smallest absolute Gasteiger partial charge is 0.360 e. The number of benzene rings is 2. The topological polar surface area (TPSA) is 61.8 Å². The fourth-order valence-corrected chi connectivity index (χ4v) is 7.40. The van der Waals surface area contributed by atoms with Crippen LogP contribution in [0.4, 0.5) is 0 Å². The highest BCUT2D eigenvalue weighted by molar-refractivity contribution is 5.89. The lowest BCUT2D eigenvalue weighted by Gasteiger charge is -2.47. The van der Waals surface area contributed by atoms with Gasteiger partial charge in [-0.25, -0.2) is 4.79 Å². The molecule has 190 valence electrons. The van der Waals surface area contributed by atoms with Gasteiger partial charge in [-0.1, -0.05) is 60.7 Å². The number of carbonyl (C=O) groups excluding carboxylic acids is 2. The van der Waals surface area contributed by atoms with Gasteiger partial charge in [0.05, 0.1) is 37.7 Å². The Bertz CT molecular complexity index is 1020. The van der Waals surface area contributed by atoms with Gasteiger partial charge in [0, 0.05) is 56.3 Å². The summed E-state index contributed by atoms with van der Waals surface area (Å²) >= 11 is 0. The maximum absolute atomic E-state index is 14.3. The Labute approximate surface area is 213 Å². The maximum Gasteiger partial charge on any atom is 0.360 e.